The molecule has 0 radical (unpaired) electrons. The van der Waals surface area contributed by atoms with Crippen LogP contribution in [0.5, 0.6) is 11.5 Å². The maximum Gasteiger partial charge on any atom is 0.173 e. The van der Waals surface area contributed by atoms with E-state index in [2.05, 4.69) is 0 Å². The Kier molecular flexibility index (Phi) is 2.63. The third-order valence-electron chi connectivity index (χ3n) is 3.14. The molecule has 1 heterocycles. The van der Waals surface area contributed by atoms with Crippen LogP contribution in [0.15, 0.2) is 34.7 Å². The highest BCUT2D eigenvalue weighted by Gasteiger charge is 2.19. The molecule has 1 aromatic heterocycles. The minimum atomic E-state index is 0.408. The number of fused-ring (bicyclic) bond motifs is 3. The molecule has 0 aliphatic heterocycles. The Labute approximate surface area is 109 Å². The molecule has 3 rings (SSSR count). The molecule has 0 spiro atoms. The van der Waals surface area contributed by atoms with Crippen LogP contribution in [-0.4, -0.2) is 20.5 Å². The Morgan fingerprint density at radius 2 is 1.79 bits per heavy atom. The average Bonchev–Trinajstić information content (AvgIpc) is 2.83. The fourth-order valence-electron chi connectivity index (χ4n) is 2.34. The lowest BCUT2D eigenvalue weighted by Gasteiger charge is -2.10. The first-order valence-electron chi connectivity index (χ1n) is 5.81. The van der Waals surface area contributed by atoms with Crippen LogP contribution < -0.4 is 9.47 Å². The van der Waals surface area contributed by atoms with Gasteiger partial charge in [-0.15, -0.1) is 0 Å². The van der Waals surface area contributed by atoms with E-state index >= 15 is 0 Å². The zero-order valence-electron chi connectivity index (χ0n) is 10.6. The predicted octanol–water partition coefficient (Wildman–Crippen LogP) is 3.42. The van der Waals surface area contributed by atoms with Crippen molar-refractivity contribution in [3.63, 3.8) is 0 Å². The van der Waals surface area contributed by atoms with Gasteiger partial charge in [0.25, 0.3) is 0 Å². The lowest BCUT2D eigenvalue weighted by atomic mass is 10.1. The summed E-state index contributed by atoms with van der Waals surface area (Å²) in [6.07, 6.45) is 0.730. The fourth-order valence-corrected chi connectivity index (χ4v) is 2.34. The molecule has 2 aromatic carbocycles. The van der Waals surface area contributed by atoms with Crippen molar-refractivity contribution in [2.24, 2.45) is 0 Å². The normalized spacial score (nSPS) is 10.8. The van der Waals surface area contributed by atoms with Crippen LogP contribution in [0.25, 0.3) is 21.9 Å². The molecule has 0 aliphatic rings. The number of ether oxygens (including phenoxy) is 2. The molecular weight excluding hydrogens is 244 g/mol. The number of benzene rings is 2. The second-order valence-electron chi connectivity index (χ2n) is 4.12. The van der Waals surface area contributed by atoms with Crippen molar-refractivity contribution in [3.8, 4) is 11.5 Å². The predicted molar refractivity (Wildman–Crippen MR) is 72.2 cm³/mol. The van der Waals surface area contributed by atoms with Gasteiger partial charge in [0.1, 0.15) is 11.2 Å². The number of hydrogen-bond donors (Lipinski definition) is 0. The first kappa shape index (κ1) is 11.6. The van der Waals surface area contributed by atoms with Crippen LogP contribution in [0.2, 0.25) is 0 Å². The molecular formula is C15H12O4. The number of para-hydroxylation sites is 1. The highest BCUT2D eigenvalue weighted by Crippen LogP contribution is 2.43. The second-order valence-corrected chi connectivity index (χ2v) is 4.12. The van der Waals surface area contributed by atoms with Gasteiger partial charge >= 0.3 is 0 Å². The van der Waals surface area contributed by atoms with E-state index in [-0.39, 0.29) is 0 Å². The molecule has 0 saturated carbocycles. The minimum Gasteiger partial charge on any atom is -0.492 e. The molecule has 0 bridgehead atoms. The van der Waals surface area contributed by atoms with E-state index in [1.807, 2.05) is 24.3 Å². The van der Waals surface area contributed by atoms with Crippen LogP contribution in [-0.2, 0) is 0 Å². The third-order valence-corrected chi connectivity index (χ3v) is 3.14. The van der Waals surface area contributed by atoms with Gasteiger partial charge in [0.05, 0.1) is 25.2 Å². The number of carbonyl (C=O) groups excluding carboxylic acids is 1. The van der Waals surface area contributed by atoms with E-state index in [9.17, 15) is 4.79 Å². The SMILES string of the molecule is COc1c(C=O)cc2oc3ccccc3c2c1OC. The molecule has 19 heavy (non-hydrogen) atoms. The molecule has 0 fully saturated rings. The van der Waals surface area contributed by atoms with Crippen LogP contribution in [0.1, 0.15) is 10.4 Å². The quantitative estimate of drug-likeness (QED) is 0.674. The molecule has 0 saturated heterocycles. The van der Waals surface area contributed by atoms with E-state index in [1.54, 1.807) is 13.2 Å². The molecule has 0 amide bonds. The maximum atomic E-state index is 11.1. The van der Waals surface area contributed by atoms with Crippen molar-refractivity contribution in [1.29, 1.82) is 0 Å². The summed E-state index contributed by atoms with van der Waals surface area (Å²) in [5.74, 6) is 0.948. The third kappa shape index (κ3) is 1.57. The zero-order valence-corrected chi connectivity index (χ0v) is 10.6. The fraction of sp³-hybridized carbons (Fsp3) is 0.133. The standard InChI is InChI=1S/C15H12O4/c1-17-14-9(8-16)7-12-13(15(14)18-2)10-5-3-4-6-11(10)19-12/h3-8H,1-2H3. The van der Waals surface area contributed by atoms with Crippen molar-refractivity contribution in [2.75, 3.05) is 14.2 Å². The highest BCUT2D eigenvalue weighted by atomic mass is 16.5. The first-order valence-corrected chi connectivity index (χ1v) is 5.81. The van der Waals surface area contributed by atoms with E-state index in [4.69, 9.17) is 13.9 Å². The van der Waals surface area contributed by atoms with Crippen LogP contribution >= 0.6 is 0 Å². The van der Waals surface area contributed by atoms with Gasteiger partial charge in [-0.1, -0.05) is 18.2 Å². The Balaban J connectivity index is 2.54. The Bertz CT molecular complexity index is 771. The smallest absolute Gasteiger partial charge is 0.173 e. The lowest BCUT2D eigenvalue weighted by Crippen LogP contribution is -1.95. The molecule has 0 aliphatic carbocycles. The van der Waals surface area contributed by atoms with Gasteiger partial charge < -0.3 is 13.9 Å². The van der Waals surface area contributed by atoms with Gasteiger partial charge in [-0.2, -0.15) is 0 Å². The van der Waals surface area contributed by atoms with Gasteiger partial charge in [0.15, 0.2) is 17.8 Å². The highest BCUT2D eigenvalue weighted by molar-refractivity contribution is 6.11. The summed E-state index contributed by atoms with van der Waals surface area (Å²) in [7, 11) is 3.06. The molecule has 96 valence electrons. The molecule has 3 aromatic rings. The molecule has 0 unspecified atom stereocenters. The number of furan rings is 1. The number of rotatable bonds is 3. The summed E-state index contributed by atoms with van der Waals surface area (Å²) in [6.45, 7) is 0. The topological polar surface area (TPSA) is 48.7 Å². The Morgan fingerprint density at radius 3 is 2.47 bits per heavy atom. The van der Waals surface area contributed by atoms with Crippen LogP contribution in [0.4, 0.5) is 0 Å². The zero-order chi connectivity index (χ0) is 13.4. The molecule has 4 nitrogen and oxygen atoms in total. The Hall–Kier alpha value is -2.49. The van der Waals surface area contributed by atoms with Gasteiger partial charge in [-0.3, -0.25) is 4.79 Å². The minimum absolute atomic E-state index is 0.408. The summed E-state index contributed by atoms with van der Waals surface area (Å²) in [4.78, 5) is 11.1. The summed E-state index contributed by atoms with van der Waals surface area (Å²) in [6, 6.07) is 9.32. The van der Waals surface area contributed by atoms with Crippen LogP contribution in [0.3, 0.4) is 0 Å². The molecule has 4 heteroatoms. The van der Waals surface area contributed by atoms with Gasteiger partial charge in [0, 0.05) is 5.39 Å². The largest absolute Gasteiger partial charge is 0.492 e. The van der Waals surface area contributed by atoms with Gasteiger partial charge in [-0.05, 0) is 12.1 Å². The van der Waals surface area contributed by atoms with E-state index in [1.165, 1.54) is 7.11 Å². The molecule has 0 atom stereocenters. The molecule has 0 N–H and O–H groups in total. The number of aldehydes is 1. The van der Waals surface area contributed by atoms with Crippen molar-refractivity contribution < 1.29 is 18.7 Å². The van der Waals surface area contributed by atoms with Crippen molar-refractivity contribution in [1.82, 2.24) is 0 Å². The van der Waals surface area contributed by atoms with Crippen molar-refractivity contribution >= 4 is 28.2 Å². The van der Waals surface area contributed by atoms with Gasteiger partial charge in [0.2, 0.25) is 0 Å². The summed E-state index contributed by atoms with van der Waals surface area (Å²) >= 11 is 0. The van der Waals surface area contributed by atoms with Crippen molar-refractivity contribution in [3.05, 3.63) is 35.9 Å². The summed E-state index contributed by atoms with van der Waals surface area (Å²) in [5.41, 5.74) is 1.77. The van der Waals surface area contributed by atoms with Crippen LogP contribution in [0, 0.1) is 0 Å². The maximum absolute atomic E-state index is 11.1. The number of methoxy groups -OCH3 is 2. The summed E-state index contributed by atoms with van der Waals surface area (Å²) in [5, 5.41) is 1.76. The number of carbonyl (C=O) groups is 1. The number of hydrogen-bond acceptors (Lipinski definition) is 4. The second kappa shape index (κ2) is 4.31. The van der Waals surface area contributed by atoms with Gasteiger partial charge in [-0.25, -0.2) is 0 Å². The van der Waals surface area contributed by atoms with E-state index in [0.29, 0.717) is 22.6 Å². The van der Waals surface area contributed by atoms with Crippen molar-refractivity contribution in [2.45, 2.75) is 0 Å². The monoisotopic (exact) mass is 256 g/mol. The average molecular weight is 256 g/mol. The lowest BCUT2D eigenvalue weighted by molar-refractivity contribution is 0.112. The first-order chi connectivity index (χ1) is 9.30. The summed E-state index contributed by atoms with van der Waals surface area (Å²) < 4.78 is 16.4. The van der Waals surface area contributed by atoms with E-state index < -0.39 is 0 Å². The Morgan fingerprint density at radius 1 is 1.05 bits per heavy atom. The van der Waals surface area contributed by atoms with E-state index in [0.717, 1.165) is 22.6 Å².